The first-order valence-corrected chi connectivity index (χ1v) is 11.8. The van der Waals surface area contributed by atoms with Crippen molar-refractivity contribution in [3.05, 3.63) is 30.1 Å². The van der Waals surface area contributed by atoms with Crippen LogP contribution in [0.25, 0.3) is 0 Å². The molecule has 6 heteroatoms. The third kappa shape index (κ3) is 3.98. The second-order valence-corrected chi connectivity index (χ2v) is 9.57. The first-order chi connectivity index (χ1) is 14.7. The fourth-order valence-electron chi connectivity index (χ4n) is 6.08. The van der Waals surface area contributed by atoms with Gasteiger partial charge in [0.05, 0.1) is 11.7 Å². The summed E-state index contributed by atoms with van der Waals surface area (Å²) >= 11 is 0. The predicted octanol–water partition coefficient (Wildman–Crippen LogP) is 3.09. The van der Waals surface area contributed by atoms with E-state index in [1.165, 1.54) is 25.7 Å². The van der Waals surface area contributed by atoms with Crippen molar-refractivity contribution in [3.8, 4) is 0 Å². The van der Waals surface area contributed by atoms with E-state index in [0.717, 1.165) is 37.9 Å². The van der Waals surface area contributed by atoms with E-state index in [-0.39, 0.29) is 29.9 Å². The van der Waals surface area contributed by atoms with Gasteiger partial charge in [-0.25, -0.2) is 0 Å². The Bertz CT molecular complexity index is 752. The van der Waals surface area contributed by atoms with Crippen molar-refractivity contribution < 1.29 is 14.3 Å². The number of ether oxygens (including phenoxy) is 1. The van der Waals surface area contributed by atoms with E-state index in [4.69, 9.17) is 4.74 Å². The number of nitrogens with zero attached hydrogens (tertiary/aromatic N) is 2. The van der Waals surface area contributed by atoms with E-state index in [1.54, 1.807) is 6.20 Å². The molecule has 162 valence electrons. The molecule has 0 radical (unpaired) electrons. The first kappa shape index (κ1) is 20.0. The Morgan fingerprint density at radius 2 is 1.90 bits per heavy atom. The largest absolute Gasteiger partial charge is 0.368 e. The van der Waals surface area contributed by atoms with Crippen molar-refractivity contribution in [1.29, 1.82) is 0 Å². The minimum Gasteiger partial charge on any atom is -0.368 e. The summed E-state index contributed by atoms with van der Waals surface area (Å²) in [7, 11) is 0. The SMILES string of the molecule is O=C(N[C@H](c1ccccn1)[C@@H]1CCCN(C(=O)C2[C@@H]3CCCC[C@@H]23)C1)[C@H]1CCCO1. The smallest absolute Gasteiger partial charge is 0.249 e. The molecule has 1 N–H and O–H groups in total. The van der Waals surface area contributed by atoms with Crippen molar-refractivity contribution in [2.45, 2.75) is 63.5 Å². The topological polar surface area (TPSA) is 71.5 Å². The zero-order valence-corrected chi connectivity index (χ0v) is 17.7. The molecule has 1 aromatic heterocycles. The molecule has 4 aliphatic rings. The molecule has 2 amide bonds. The number of nitrogens with one attached hydrogen (secondary N) is 1. The highest BCUT2D eigenvalue weighted by atomic mass is 16.5. The van der Waals surface area contributed by atoms with Gasteiger partial charge in [-0.1, -0.05) is 18.9 Å². The van der Waals surface area contributed by atoms with Gasteiger partial charge in [0.25, 0.3) is 0 Å². The number of amides is 2. The lowest BCUT2D eigenvalue weighted by atomic mass is 9.88. The van der Waals surface area contributed by atoms with Gasteiger partial charge in [-0.3, -0.25) is 14.6 Å². The molecule has 0 aromatic carbocycles. The van der Waals surface area contributed by atoms with Gasteiger partial charge in [-0.05, 0) is 62.5 Å². The quantitative estimate of drug-likeness (QED) is 0.808. The van der Waals surface area contributed by atoms with Crippen molar-refractivity contribution in [2.75, 3.05) is 19.7 Å². The predicted molar refractivity (Wildman–Crippen MR) is 112 cm³/mol. The number of piperidine rings is 1. The van der Waals surface area contributed by atoms with Crippen molar-refractivity contribution in [2.24, 2.45) is 23.7 Å². The van der Waals surface area contributed by atoms with Crippen molar-refractivity contribution in [3.63, 3.8) is 0 Å². The third-order valence-electron chi connectivity index (χ3n) is 7.71. The Labute approximate surface area is 178 Å². The van der Waals surface area contributed by atoms with Gasteiger partial charge in [-0.15, -0.1) is 0 Å². The maximum absolute atomic E-state index is 13.3. The average Bonchev–Trinajstić information content (AvgIpc) is 3.25. The molecule has 1 aromatic rings. The van der Waals surface area contributed by atoms with E-state index >= 15 is 0 Å². The summed E-state index contributed by atoms with van der Waals surface area (Å²) in [5.74, 6) is 2.04. The number of hydrogen-bond donors (Lipinski definition) is 1. The maximum atomic E-state index is 13.3. The number of rotatable bonds is 5. The summed E-state index contributed by atoms with van der Waals surface area (Å²) < 4.78 is 5.60. The van der Waals surface area contributed by atoms with Gasteiger partial charge in [0.1, 0.15) is 6.10 Å². The summed E-state index contributed by atoms with van der Waals surface area (Å²) in [6, 6.07) is 5.67. The van der Waals surface area contributed by atoms with Gasteiger partial charge in [0.15, 0.2) is 0 Å². The van der Waals surface area contributed by atoms with E-state index < -0.39 is 0 Å². The number of carbonyl (C=O) groups excluding carboxylic acids is 2. The molecule has 2 saturated heterocycles. The minimum absolute atomic E-state index is 0.0418. The van der Waals surface area contributed by atoms with Gasteiger partial charge in [0.2, 0.25) is 11.8 Å². The van der Waals surface area contributed by atoms with Crippen LogP contribution in [0, 0.1) is 23.7 Å². The summed E-state index contributed by atoms with van der Waals surface area (Å²) in [4.78, 5) is 32.7. The van der Waals surface area contributed by atoms with Gasteiger partial charge < -0.3 is 15.0 Å². The van der Waals surface area contributed by atoms with Crippen LogP contribution in [-0.4, -0.2) is 47.5 Å². The van der Waals surface area contributed by atoms with Crippen LogP contribution in [0.5, 0.6) is 0 Å². The second kappa shape index (κ2) is 8.66. The molecule has 30 heavy (non-hydrogen) atoms. The Morgan fingerprint density at radius 3 is 2.60 bits per heavy atom. The lowest BCUT2D eigenvalue weighted by Gasteiger charge is -2.37. The summed E-state index contributed by atoms with van der Waals surface area (Å²) in [5.41, 5.74) is 0.878. The standard InChI is InChI=1S/C24H33N3O3/c28-23(20-11-6-14-30-20)26-22(19-10-3-4-12-25-19)16-7-5-13-27(15-16)24(29)21-17-8-1-2-9-18(17)21/h3-4,10,12,16-18,20-22H,1-2,5-9,11,13-15H2,(H,26,28)/t16-,17-,18-,20-,22+/m1/s1. The van der Waals surface area contributed by atoms with E-state index in [1.807, 2.05) is 18.2 Å². The summed E-state index contributed by atoms with van der Waals surface area (Å²) in [5, 5.41) is 3.23. The highest BCUT2D eigenvalue weighted by Gasteiger charge is 2.56. The normalized spacial score (nSPS) is 34.1. The number of likely N-dealkylation sites (tertiary alicyclic amines) is 1. The van der Waals surface area contributed by atoms with Gasteiger partial charge >= 0.3 is 0 Å². The lowest BCUT2D eigenvalue weighted by Crippen LogP contribution is -2.47. The first-order valence-electron chi connectivity index (χ1n) is 11.8. The minimum atomic E-state index is -0.355. The van der Waals surface area contributed by atoms with Crippen LogP contribution in [0.3, 0.4) is 0 Å². The number of fused-ring (bicyclic) bond motifs is 1. The zero-order chi connectivity index (χ0) is 20.5. The maximum Gasteiger partial charge on any atom is 0.249 e. The highest BCUT2D eigenvalue weighted by Crippen LogP contribution is 2.56. The molecule has 5 atom stereocenters. The van der Waals surface area contributed by atoms with Crippen LogP contribution in [0.15, 0.2) is 24.4 Å². The Morgan fingerprint density at radius 1 is 1.07 bits per heavy atom. The van der Waals surface area contributed by atoms with Gasteiger partial charge in [-0.2, -0.15) is 0 Å². The average molecular weight is 412 g/mol. The highest BCUT2D eigenvalue weighted by molar-refractivity contribution is 5.83. The molecule has 4 fully saturated rings. The Hall–Kier alpha value is -1.95. The van der Waals surface area contributed by atoms with E-state index in [2.05, 4.69) is 15.2 Å². The molecule has 2 aliphatic carbocycles. The van der Waals surface area contributed by atoms with E-state index in [9.17, 15) is 9.59 Å². The number of hydrogen-bond acceptors (Lipinski definition) is 4. The second-order valence-electron chi connectivity index (χ2n) is 9.57. The molecule has 6 nitrogen and oxygen atoms in total. The van der Waals surface area contributed by atoms with Crippen LogP contribution < -0.4 is 5.32 Å². The molecule has 0 bridgehead atoms. The Kier molecular flexibility index (Phi) is 5.77. The van der Waals surface area contributed by atoms with Crippen molar-refractivity contribution >= 4 is 11.8 Å². The molecule has 2 saturated carbocycles. The van der Waals surface area contributed by atoms with Crippen molar-refractivity contribution in [1.82, 2.24) is 15.2 Å². The van der Waals surface area contributed by atoms with Crippen LogP contribution >= 0.6 is 0 Å². The van der Waals surface area contributed by atoms with Gasteiger partial charge in [0, 0.05) is 37.7 Å². The third-order valence-corrected chi connectivity index (χ3v) is 7.71. The van der Waals surface area contributed by atoms with Crippen LogP contribution in [0.4, 0.5) is 0 Å². The fourth-order valence-corrected chi connectivity index (χ4v) is 6.08. The molecular formula is C24H33N3O3. The number of aromatic nitrogens is 1. The summed E-state index contributed by atoms with van der Waals surface area (Å²) in [6.07, 6.45) is 10.1. The summed E-state index contributed by atoms with van der Waals surface area (Å²) in [6.45, 7) is 2.21. The van der Waals surface area contributed by atoms with Crippen LogP contribution in [-0.2, 0) is 14.3 Å². The number of carbonyl (C=O) groups is 2. The van der Waals surface area contributed by atoms with Crippen LogP contribution in [0.2, 0.25) is 0 Å². The molecule has 0 spiro atoms. The molecule has 2 aliphatic heterocycles. The van der Waals surface area contributed by atoms with Crippen LogP contribution in [0.1, 0.15) is 63.1 Å². The molecule has 3 heterocycles. The number of pyridine rings is 1. The van der Waals surface area contributed by atoms with E-state index in [0.29, 0.717) is 30.9 Å². The monoisotopic (exact) mass is 411 g/mol. The zero-order valence-electron chi connectivity index (χ0n) is 17.7. The lowest BCUT2D eigenvalue weighted by molar-refractivity contribution is -0.135. The fraction of sp³-hybridized carbons (Fsp3) is 0.708. The molecular weight excluding hydrogens is 378 g/mol. The molecule has 5 rings (SSSR count). The molecule has 0 unspecified atom stereocenters. The Balaban J connectivity index is 1.29.